The Morgan fingerprint density at radius 2 is 1.83 bits per heavy atom. The van der Waals surface area contributed by atoms with Crippen molar-refractivity contribution in [1.29, 1.82) is 0 Å². The van der Waals surface area contributed by atoms with E-state index in [1.165, 1.54) is 7.11 Å². The second-order valence-corrected chi connectivity index (χ2v) is 4.02. The van der Waals surface area contributed by atoms with Crippen LogP contribution < -0.4 is 10.2 Å². The molecule has 1 N–H and O–H groups in total. The van der Waals surface area contributed by atoms with E-state index in [0.29, 0.717) is 5.56 Å². The molecule has 0 aliphatic rings. The maximum Gasteiger partial charge on any atom is 0.307 e. The minimum Gasteiger partial charge on any atom is -0.469 e. The van der Waals surface area contributed by atoms with Crippen molar-refractivity contribution in [3.63, 3.8) is 0 Å². The van der Waals surface area contributed by atoms with Crippen molar-refractivity contribution in [3.05, 3.63) is 29.8 Å². The number of nitrogens with one attached hydrogen (secondary N) is 1. The van der Waals surface area contributed by atoms with Crippen LogP contribution in [0, 0.1) is 0 Å². The van der Waals surface area contributed by atoms with Gasteiger partial charge in [-0.25, -0.2) is 0 Å². The van der Waals surface area contributed by atoms with Crippen molar-refractivity contribution in [1.82, 2.24) is 5.32 Å². The lowest BCUT2D eigenvalue weighted by molar-refractivity contribution is -0.140. The highest BCUT2D eigenvalue weighted by atomic mass is 16.5. The maximum absolute atomic E-state index is 11.7. The summed E-state index contributed by atoms with van der Waals surface area (Å²) in [5, 5.41) is 2.66. The molecule has 18 heavy (non-hydrogen) atoms. The Morgan fingerprint density at radius 3 is 2.33 bits per heavy atom. The number of carbonyl (C=O) groups excluding carboxylic acids is 2. The third-order valence-electron chi connectivity index (χ3n) is 2.49. The van der Waals surface area contributed by atoms with Gasteiger partial charge >= 0.3 is 5.97 Å². The third-order valence-corrected chi connectivity index (χ3v) is 2.49. The normalized spacial score (nSPS) is 9.72. The summed E-state index contributed by atoms with van der Waals surface area (Å²) in [6, 6.07) is 7.25. The van der Waals surface area contributed by atoms with Crippen molar-refractivity contribution in [2.75, 3.05) is 32.6 Å². The van der Waals surface area contributed by atoms with Gasteiger partial charge in [0.05, 0.1) is 13.5 Å². The van der Waals surface area contributed by atoms with Gasteiger partial charge in [-0.1, -0.05) is 0 Å². The number of anilines is 1. The molecule has 0 bridgehead atoms. The van der Waals surface area contributed by atoms with E-state index in [4.69, 9.17) is 0 Å². The first-order chi connectivity index (χ1) is 8.54. The molecule has 98 valence electrons. The molecule has 0 aliphatic carbocycles. The molecule has 5 heteroatoms. The Morgan fingerprint density at radius 1 is 1.22 bits per heavy atom. The zero-order valence-corrected chi connectivity index (χ0v) is 10.9. The summed E-state index contributed by atoms with van der Waals surface area (Å²) < 4.78 is 4.48. The molecule has 0 fully saturated rings. The van der Waals surface area contributed by atoms with Crippen LogP contribution in [-0.2, 0) is 9.53 Å². The number of hydrogen-bond acceptors (Lipinski definition) is 4. The van der Waals surface area contributed by atoms with Gasteiger partial charge in [0.2, 0.25) is 0 Å². The van der Waals surface area contributed by atoms with Crippen LogP contribution in [0.4, 0.5) is 5.69 Å². The SMILES string of the molecule is COC(=O)CCNC(=O)c1ccc(N(C)C)cc1. The third kappa shape index (κ3) is 4.08. The number of carbonyl (C=O) groups is 2. The molecule has 0 aliphatic heterocycles. The van der Waals surface area contributed by atoms with E-state index in [1.54, 1.807) is 12.1 Å². The van der Waals surface area contributed by atoms with Crippen LogP contribution in [0.3, 0.4) is 0 Å². The van der Waals surface area contributed by atoms with Gasteiger partial charge < -0.3 is 15.0 Å². The monoisotopic (exact) mass is 250 g/mol. The molecule has 1 aromatic rings. The van der Waals surface area contributed by atoms with Crippen LogP contribution in [0.15, 0.2) is 24.3 Å². The summed E-state index contributed by atoms with van der Waals surface area (Å²) in [7, 11) is 5.20. The summed E-state index contributed by atoms with van der Waals surface area (Å²) in [5.41, 5.74) is 1.60. The average molecular weight is 250 g/mol. The van der Waals surface area contributed by atoms with Gasteiger partial charge in [-0.15, -0.1) is 0 Å². The summed E-state index contributed by atoms with van der Waals surface area (Å²) in [6.07, 6.45) is 0.179. The van der Waals surface area contributed by atoms with Gasteiger partial charge in [0, 0.05) is 31.9 Å². The maximum atomic E-state index is 11.7. The summed E-state index contributed by atoms with van der Waals surface area (Å²) >= 11 is 0. The molecule has 0 spiro atoms. The van der Waals surface area contributed by atoms with Crippen molar-refractivity contribution in [2.45, 2.75) is 6.42 Å². The van der Waals surface area contributed by atoms with Crippen molar-refractivity contribution in [3.8, 4) is 0 Å². The number of nitrogens with zero attached hydrogens (tertiary/aromatic N) is 1. The lowest BCUT2D eigenvalue weighted by Gasteiger charge is -2.12. The van der Waals surface area contributed by atoms with E-state index >= 15 is 0 Å². The molecule has 0 saturated carbocycles. The number of rotatable bonds is 5. The highest BCUT2D eigenvalue weighted by Gasteiger charge is 2.06. The molecular formula is C13H18N2O3. The van der Waals surface area contributed by atoms with E-state index in [-0.39, 0.29) is 24.8 Å². The number of esters is 1. The van der Waals surface area contributed by atoms with Crippen molar-refractivity contribution < 1.29 is 14.3 Å². The Balaban J connectivity index is 2.49. The Kier molecular flexibility index (Phi) is 5.17. The molecular weight excluding hydrogens is 232 g/mol. The van der Waals surface area contributed by atoms with Gasteiger partial charge in [0.15, 0.2) is 0 Å². The molecule has 1 amide bonds. The summed E-state index contributed by atoms with van der Waals surface area (Å²) in [6.45, 7) is 0.279. The van der Waals surface area contributed by atoms with E-state index in [2.05, 4.69) is 10.1 Å². The summed E-state index contributed by atoms with van der Waals surface area (Å²) in [5.74, 6) is -0.525. The second kappa shape index (κ2) is 6.64. The van der Waals surface area contributed by atoms with Gasteiger partial charge in [-0.3, -0.25) is 9.59 Å². The second-order valence-electron chi connectivity index (χ2n) is 4.02. The standard InChI is InChI=1S/C13H18N2O3/c1-15(2)11-6-4-10(5-7-11)13(17)14-9-8-12(16)18-3/h4-7H,8-9H2,1-3H3,(H,14,17). The number of amides is 1. The van der Waals surface area contributed by atoms with Crippen LogP contribution in [0.2, 0.25) is 0 Å². The first-order valence-corrected chi connectivity index (χ1v) is 5.67. The number of hydrogen-bond donors (Lipinski definition) is 1. The van der Waals surface area contributed by atoms with E-state index < -0.39 is 0 Å². The van der Waals surface area contributed by atoms with E-state index in [1.807, 2.05) is 31.1 Å². The predicted molar refractivity (Wildman–Crippen MR) is 69.7 cm³/mol. The first-order valence-electron chi connectivity index (χ1n) is 5.67. The van der Waals surface area contributed by atoms with Crippen LogP contribution in [0.1, 0.15) is 16.8 Å². The lowest BCUT2D eigenvalue weighted by atomic mass is 10.2. The number of ether oxygens (including phenoxy) is 1. The Bertz CT molecular complexity index is 413. The first kappa shape index (κ1) is 14.0. The molecule has 1 rings (SSSR count). The molecule has 1 aromatic carbocycles. The topological polar surface area (TPSA) is 58.6 Å². The predicted octanol–water partition coefficient (Wildman–Crippen LogP) is 1.05. The van der Waals surface area contributed by atoms with Gasteiger partial charge in [0.25, 0.3) is 5.91 Å². The van der Waals surface area contributed by atoms with Gasteiger partial charge in [-0.2, -0.15) is 0 Å². The highest BCUT2D eigenvalue weighted by molar-refractivity contribution is 5.94. The van der Waals surface area contributed by atoms with Crippen LogP contribution in [0.25, 0.3) is 0 Å². The lowest BCUT2D eigenvalue weighted by Crippen LogP contribution is -2.26. The molecule has 0 saturated heterocycles. The number of benzene rings is 1. The minimum atomic E-state index is -0.335. The number of methoxy groups -OCH3 is 1. The fourth-order valence-electron chi connectivity index (χ4n) is 1.39. The van der Waals surface area contributed by atoms with Crippen molar-refractivity contribution in [2.24, 2.45) is 0 Å². The van der Waals surface area contributed by atoms with Gasteiger partial charge in [-0.05, 0) is 24.3 Å². The quantitative estimate of drug-likeness (QED) is 0.793. The minimum absolute atomic E-state index is 0.179. The zero-order chi connectivity index (χ0) is 13.5. The summed E-state index contributed by atoms with van der Waals surface area (Å²) in [4.78, 5) is 24.5. The van der Waals surface area contributed by atoms with Crippen molar-refractivity contribution >= 4 is 17.6 Å². The fourth-order valence-corrected chi connectivity index (χ4v) is 1.39. The molecule has 0 unspecified atom stereocenters. The van der Waals surface area contributed by atoms with Crippen LogP contribution >= 0.6 is 0 Å². The molecule has 0 radical (unpaired) electrons. The molecule has 5 nitrogen and oxygen atoms in total. The van der Waals surface area contributed by atoms with Crippen LogP contribution in [-0.4, -0.2) is 39.6 Å². The van der Waals surface area contributed by atoms with E-state index in [9.17, 15) is 9.59 Å². The largest absolute Gasteiger partial charge is 0.469 e. The van der Waals surface area contributed by atoms with Crippen LogP contribution in [0.5, 0.6) is 0 Å². The molecule has 0 atom stereocenters. The molecule has 0 heterocycles. The fraction of sp³-hybridized carbons (Fsp3) is 0.385. The Hall–Kier alpha value is -2.04. The molecule has 0 aromatic heterocycles. The Labute approximate surface area is 107 Å². The van der Waals surface area contributed by atoms with E-state index in [0.717, 1.165) is 5.69 Å². The highest BCUT2D eigenvalue weighted by Crippen LogP contribution is 2.11. The average Bonchev–Trinajstić information content (AvgIpc) is 2.38. The van der Waals surface area contributed by atoms with Gasteiger partial charge in [0.1, 0.15) is 0 Å². The zero-order valence-electron chi connectivity index (χ0n) is 10.9. The smallest absolute Gasteiger partial charge is 0.307 e.